The molecule has 3 fully saturated rings. The van der Waals surface area contributed by atoms with Crippen LogP contribution in [0.25, 0.3) is 0 Å². The number of ether oxygens (including phenoxy) is 1. The summed E-state index contributed by atoms with van der Waals surface area (Å²) in [6.45, 7) is 13.6. The summed E-state index contributed by atoms with van der Waals surface area (Å²) in [6.07, 6.45) is 13.7. The molecule has 3 saturated carbocycles. The average molecular weight is 443 g/mol. The maximum Gasteiger partial charge on any atom is 0.302 e. The first kappa shape index (κ1) is 24.0. The molecule has 3 heteroatoms. The second-order valence-corrected chi connectivity index (χ2v) is 12.7. The van der Waals surface area contributed by atoms with Crippen molar-refractivity contribution in [3.8, 4) is 0 Å². The smallest absolute Gasteiger partial charge is 0.302 e. The second kappa shape index (κ2) is 8.91. The van der Waals surface area contributed by atoms with E-state index >= 15 is 0 Å². The second-order valence-electron chi connectivity index (χ2n) is 12.7. The van der Waals surface area contributed by atoms with E-state index in [9.17, 15) is 9.59 Å². The van der Waals surface area contributed by atoms with Gasteiger partial charge in [0, 0.05) is 19.3 Å². The Balaban J connectivity index is 1.52. The van der Waals surface area contributed by atoms with Crippen molar-refractivity contribution in [2.45, 2.75) is 112 Å². The summed E-state index contributed by atoms with van der Waals surface area (Å²) in [5.41, 5.74) is 1.70. The summed E-state index contributed by atoms with van der Waals surface area (Å²) in [5, 5.41) is 0. The Morgan fingerprint density at radius 2 is 1.81 bits per heavy atom. The van der Waals surface area contributed by atoms with Crippen LogP contribution in [0.2, 0.25) is 0 Å². The molecule has 4 unspecified atom stereocenters. The molecule has 0 radical (unpaired) electrons. The van der Waals surface area contributed by atoms with Crippen molar-refractivity contribution in [3.05, 3.63) is 11.6 Å². The minimum Gasteiger partial charge on any atom is -0.462 e. The number of ketones is 1. The largest absolute Gasteiger partial charge is 0.462 e. The lowest BCUT2D eigenvalue weighted by atomic mass is 9.46. The Bertz CT molecular complexity index is 766. The van der Waals surface area contributed by atoms with Crippen molar-refractivity contribution in [1.29, 1.82) is 0 Å². The van der Waals surface area contributed by atoms with Crippen molar-refractivity contribution in [2.24, 2.45) is 46.3 Å². The average Bonchev–Trinajstić information content (AvgIpc) is 3.05. The van der Waals surface area contributed by atoms with Crippen LogP contribution in [0, 0.1) is 46.3 Å². The van der Waals surface area contributed by atoms with Gasteiger partial charge < -0.3 is 4.74 Å². The van der Waals surface area contributed by atoms with E-state index in [1.165, 1.54) is 57.4 Å². The van der Waals surface area contributed by atoms with Gasteiger partial charge in [-0.3, -0.25) is 9.59 Å². The van der Waals surface area contributed by atoms with E-state index in [4.69, 9.17) is 4.74 Å². The summed E-state index contributed by atoms with van der Waals surface area (Å²) >= 11 is 0. The fourth-order valence-corrected chi connectivity index (χ4v) is 8.73. The van der Waals surface area contributed by atoms with Gasteiger partial charge in [0.1, 0.15) is 6.10 Å². The molecule has 3 nitrogen and oxygen atoms in total. The molecule has 180 valence electrons. The molecule has 0 bridgehead atoms. The summed E-state index contributed by atoms with van der Waals surface area (Å²) in [6, 6.07) is 0. The van der Waals surface area contributed by atoms with Gasteiger partial charge in [0.2, 0.25) is 0 Å². The molecule has 0 aromatic rings. The van der Waals surface area contributed by atoms with Gasteiger partial charge in [-0.05, 0) is 85.0 Å². The summed E-state index contributed by atoms with van der Waals surface area (Å²) in [4.78, 5) is 25.1. The third kappa shape index (κ3) is 4.11. The molecule has 0 saturated heterocycles. The maximum atomic E-state index is 13.6. The molecule has 4 aliphatic carbocycles. The van der Waals surface area contributed by atoms with Gasteiger partial charge in [0.15, 0.2) is 5.78 Å². The van der Waals surface area contributed by atoms with Crippen LogP contribution in [0.5, 0.6) is 0 Å². The van der Waals surface area contributed by atoms with Gasteiger partial charge in [-0.1, -0.05) is 59.5 Å². The number of allylic oxidation sites excluding steroid dienone is 1. The molecule has 0 N–H and O–H groups in total. The van der Waals surface area contributed by atoms with Gasteiger partial charge in [-0.25, -0.2) is 0 Å². The highest BCUT2D eigenvalue weighted by Crippen LogP contribution is 2.66. The predicted molar refractivity (Wildman–Crippen MR) is 129 cm³/mol. The van der Waals surface area contributed by atoms with E-state index < -0.39 is 0 Å². The van der Waals surface area contributed by atoms with E-state index in [2.05, 4.69) is 34.6 Å². The quantitative estimate of drug-likeness (QED) is 0.411. The van der Waals surface area contributed by atoms with Crippen molar-refractivity contribution < 1.29 is 14.3 Å². The minimum absolute atomic E-state index is 0.0485. The van der Waals surface area contributed by atoms with E-state index in [1.807, 2.05) is 6.08 Å². The van der Waals surface area contributed by atoms with Crippen LogP contribution in [0.15, 0.2) is 11.6 Å². The summed E-state index contributed by atoms with van der Waals surface area (Å²) < 4.78 is 5.54. The Morgan fingerprint density at radius 3 is 2.50 bits per heavy atom. The Kier molecular flexibility index (Phi) is 6.69. The van der Waals surface area contributed by atoms with Gasteiger partial charge in [0.05, 0.1) is 0 Å². The lowest BCUT2D eigenvalue weighted by molar-refractivity contribution is -0.149. The predicted octanol–water partition coefficient (Wildman–Crippen LogP) is 7.14. The molecule has 0 heterocycles. The van der Waals surface area contributed by atoms with Crippen molar-refractivity contribution in [3.63, 3.8) is 0 Å². The molecule has 4 rings (SSSR count). The van der Waals surface area contributed by atoms with Gasteiger partial charge in [-0.2, -0.15) is 0 Å². The van der Waals surface area contributed by atoms with Gasteiger partial charge >= 0.3 is 5.97 Å². The van der Waals surface area contributed by atoms with Crippen LogP contribution in [0.3, 0.4) is 0 Å². The monoisotopic (exact) mass is 442 g/mol. The molecule has 0 amide bonds. The highest BCUT2D eigenvalue weighted by molar-refractivity contribution is 5.94. The normalized spacial score (nSPS) is 42.0. The zero-order chi connectivity index (χ0) is 23.3. The summed E-state index contributed by atoms with van der Waals surface area (Å²) in [5.74, 6) is 3.74. The van der Waals surface area contributed by atoms with Crippen LogP contribution in [0.4, 0.5) is 0 Å². The minimum atomic E-state index is -0.202. The molecule has 32 heavy (non-hydrogen) atoms. The molecule has 8 atom stereocenters. The molecule has 0 aromatic heterocycles. The van der Waals surface area contributed by atoms with E-state index in [0.717, 1.165) is 37.0 Å². The third-order valence-electron chi connectivity index (χ3n) is 10.4. The van der Waals surface area contributed by atoms with Crippen LogP contribution in [-0.2, 0) is 14.3 Å². The van der Waals surface area contributed by atoms with Crippen molar-refractivity contribution >= 4 is 11.8 Å². The molecule has 0 aromatic carbocycles. The standard InChI is InChI=1S/C29H46O3/c1-18(2)8-7-9-19(3)23-10-11-24-27-25(13-15-29(23,24)6)28(5)14-12-22(32-20(4)30)16-21(28)17-26(27)31/h17-19,22-25,27H,7-16H2,1-6H3/t19?,22-,23+,24?,25?,27?,28-,29+/m0/s1. The summed E-state index contributed by atoms with van der Waals surface area (Å²) in [7, 11) is 0. The highest BCUT2D eigenvalue weighted by atomic mass is 16.5. The highest BCUT2D eigenvalue weighted by Gasteiger charge is 2.61. The van der Waals surface area contributed by atoms with Crippen LogP contribution < -0.4 is 0 Å². The van der Waals surface area contributed by atoms with Gasteiger partial charge in [0.25, 0.3) is 0 Å². The van der Waals surface area contributed by atoms with E-state index in [1.54, 1.807) is 0 Å². The van der Waals surface area contributed by atoms with Crippen LogP contribution in [-0.4, -0.2) is 17.9 Å². The fraction of sp³-hybridized carbons (Fsp3) is 0.862. The number of carbonyl (C=O) groups is 2. The molecular formula is C29H46O3. The topological polar surface area (TPSA) is 43.4 Å². The number of carbonyl (C=O) groups excluding carboxylic acids is 2. The van der Waals surface area contributed by atoms with E-state index in [0.29, 0.717) is 23.0 Å². The third-order valence-corrected chi connectivity index (χ3v) is 10.4. The number of esters is 1. The fourth-order valence-electron chi connectivity index (χ4n) is 8.73. The molecular weight excluding hydrogens is 396 g/mol. The Labute approximate surface area is 196 Å². The molecule has 0 aliphatic heterocycles. The van der Waals surface area contributed by atoms with Crippen molar-refractivity contribution in [2.75, 3.05) is 0 Å². The first-order valence-corrected chi connectivity index (χ1v) is 13.5. The number of fused-ring (bicyclic) bond motifs is 5. The van der Waals surface area contributed by atoms with Crippen LogP contribution in [0.1, 0.15) is 106 Å². The lowest BCUT2D eigenvalue weighted by Crippen LogP contribution is -2.53. The first-order valence-electron chi connectivity index (χ1n) is 13.5. The number of hydrogen-bond acceptors (Lipinski definition) is 3. The van der Waals surface area contributed by atoms with Gasteiger partial charge in [-0.15, -0.1) is 0 Å². The van der Waals surface area contributed by atoms with Crippen LogP contribution >= 0.6 is 0 Å². The molecule has 0 spiro atoms. The SMILES string of the molecule is CC(=O)O[C@H]1CC[C@@]2(C)C(=CC(=O)C3C2CC[C@@]2(C)C3CC[C@@H]2C(C)CCCC(C)C)C1. The first-order chi connectivity index (χ1) is 15.1. The van der Waals surface area contributed by atoms with Crippen molar-refractivity contribution in [1.82, 2.24) is 0 Å². The maximum absolute atomic E-state index is 13.6. The molecule has 4 aliphatic rings. The Hall–Kier alpha value is -1.12. The lowest BCUT2D eigenvalue weighted by Gasteiger charge is -2.57. The number of hydrogen-bond donors (Lipinski definition) is 0. The van der Waals surface area contributed by atoms with E-state index in [-0.39, 0.29) is 23.4 Å². The number of rotatable bonds is 6. The Morgan fingerprint density at radius 1 is 1.06 bits per heavy atom. The zero-order valence-corrected chi connectivity index (χ0v) is 21.4. The zero-order valence-electron chi connectivity index (χ0n) is 21.4.